The lowest BCUT2D eigenvalue weighted by Crippen LogP contribution is -2.00. The molecule has 206 valence electrons. The number of rotatable bonds is 5. The largest absolute Gasteiger partial charge is 0.248 e. The standard InChI is InChI=1S/C40H26N4/c1-3-10-27(11-4-1)28-18-20-30(21-19-28)39-42-38(29-12-5-2-6-13-29)43-40(44-39)35-17-9-16-33(25-35)36-23-22-34-24-31-14-7-8-15-32(31)26-37(34)41-36/h1-26H. The van der Waals surface area contributed by atoms with Crippen LogP contribution in [-0.2, 0) is 0 Å². The number of hydrogen-bond donors (Lipinski definition) is 0. The maximum Gasteiger partial charge on any atom is 0.164 e. The highest BCUT2D eigenvalue weighted by molar-refractivity contribution is 5.97. The average molecular weight is 563 g/mol. The zero-order valence-corrected chi connectivity index (χ0v) is 23.8. The van der Waals surface area contributed by atoms with E-state index in [0.29, 0.717) is 17.5 Å². The van der Waals surface area contributed by atoms with Gasteiger partial charge in [0.05, 0.1) is 11.2 Å². The van der Waals surface area contributed by atoms with Crippen molar-refractivity contribution in [2.75, 3.05) is 0 Å². The maximum atomic E-state index is 5.04. The molecule has 6 aromatic carbocycles. The van der Waals surface area contributed by atoms with Gasteiger partial charge in [-0.05, 0) is 46.2 Å². The minimum Gasteiger partial charge on any atom is -0.248 e. The molecule has 0 saturated heterocycles. The summed E-state index contributed by atoms with van der Waals surface area (Å²) < 4.78 is 0. The molecule has 0 N–H and O–H groups in total. The predicted molar refractivity (Wildman–Crippen MR) is 180 cm³/mol. The number of benzene rings is 6. The molecule has 8 rings (SSSR count). The molecule has 0 amide bonds. The number of hydrogen-bond acceptors (Lipinski definition) is 4. The van der Waals surface area contributed by atoms with Crippen LogP contribution in [0.4, 0.5) is 0 Å². The lowest BCUT2D eigenvalue weighted by Gasteiger charge is -2.10. The predicted octanol–water partition coefficient (Wildman–Crippen LogP) is 9.91. The van der Waals surface area contributed by atoms with Crippen molar-refractivity contribution in [2.45, 2.75) is 0 Å². The summed E-state index contributed by atoms with van der Waals surface area (Å²) in [6.07, 6.45) is 0. The molecule has 0 aliphatic carbocycles. The Morgan fingerprint density at radius 1 is 0.273 bits per heavy atom. The van der Waals surface area contributed by atoms with Crippen molar-refractivity contribution in [1.29, 1.82) is 0 Å². The third-order valence-corrected chi connectivity index (χ3v) is 7.89. The lowest BCUT2D eigenvalue weighted by atomic mass is 10.0. The van der Waals surface area contributed by atoms with E-state index < -0.39 is 0 Å². The van der Waals surface area contributed by atoms with E-state index in [0.717, 1.165) is 44.4 Å². The lowest BCUT2D eigenvalue weighted by molar-refractivity contribution is 1.07. The Bertz CT molecular complexity index is 2260. The van der Waals surface area contributed by atoms with E-state index >= 15 is 0 Å². The Kier molecular flexibility index (Phi) is 6.43. The van der Waals surface area contributed by atoms with Crippen molar-refractivity contribution in [1.82, 2.24) is 19.9 Å². The fourth-order valence-electron chi connectivity index (χ4n) is 5.58. The van der Waals surface area contributed by atoms with Gasteiger partial charge in [-0.1, -0.05) is 133 Å². The van der Waals surface area contributed by atoms with Crippen LogP contribution >= 0.6 is 0 Å². The highest BCUT2D eigenvalue weighted by atomic mass is 15.0. The van der Waals surface area contributed by atoms with Gasteiger partial charge in [0.15, 0.2) is 17.5 Å². The molecule has 2 heterocycles. The van der Waals surface area contributed by atoms with Gasteiger partial charge in [0.25, 0.3) is 0 Å². The third kappa shape index (κ3) is 4.99. The molecule has 0 radical (unpaired) electrons. The quantitative estimate of drug-likeness (QED) is 0.196. The molecule has 0 atom stereocenters. The summed E-state index contributed by atoms with van der Waals surface area (Å²) in [6, 6.07) is 54.1. The van der Waals surface area contributed by atoms with Crippen LogP contribution in [0.1, 0.15) is 0 Å². The van der Waals surface area contributed by atoms with Gasteiger partial charge in [-0.25, -0.2) is 19.9 Å². The summed E-state index contributed by atoms with van der Waals surface area (Å²) in [5.74, 6) is 1.89. The monoisotopic (exact) mass is 562 g/mol. The van der Waals surface area contributed by atoms with Gasteiger partial charge in [-0.3, -0.25) is 0 Å². The molecule has 0 aliphatic rings. The Morgan fingerprint density at radius 2 is 0.773 bits per heavy atom. The Balaban J connectivity index is 1.21. The first kappa shape index (κ1) is 25.7. The van der Waals surface area contributed by atoms with Crippen LogP contribution in [0.15, 0.2) is 158 Å². The molecule has 0 fully saturated rings. The zero-order chi connectivity index (χ0) is 29.3. The second-order valence-electron chi connectivity index (χ2n) is 10.8. The number of fused-ring (bicyclic) bond motifs is 2. The van der Waals surface area contributed by atoms with Gasteiger partial charge in [-0.15, -0.1) is 0 Å². The van der Waals surface area contributed by atoms with E-state index in [9.17, 15) is 0 Å². The van der Waals surface area contributed by atoms with E-state index in [1.54, 1.807) is 0 Å². The fraction of sp³-hybridized carbons (Fsp3) is 0. The van der Waals surface area contributed by atoms with Crippen LogP contribution in [0.3, 0.4) is 0 Å². The van der Waals surface area contributed by atoms with Crippen molar-refractivity contribution in [3.05, 3.63) is 158 Å². The zero-order valence-electron chi connectivity index (χ0n) is 23.8. The highest BCUT2D eigenvalue weighted by Gasteiger charge is 2.14. The van der Waals surface area contributed by atoms with E-state index in [1.165, 1.54) is 16.3 Å². The van der Waals surface area contributed by atoms with Gasteiger partial charge in [-0.2, -0.15) is 0 Å². The second kappa shape index (κ2) is 11.0. The molecule has 0 saturated carbocycles. The van der Waals surface area contributed by atoms with Crippen LogP contribution < -0.4 is 0 Å². The molecular weight excluding hydrogens is 536 g/mol. The first-order valence-electron chi connectivity index (χ1n) is 14.6. The Labute approximate surface area is 255 Å². The Hall–Kier alpha value is -6.00. The summed E-state index contributed by atoms with van der Waals surface area (Å²) in [6.45, 7) is 0. The molecule has 44 heavy (non-hydrogen) atoms. The minimum atomic E-state index is 0.620. The molecule has 0 spiro atoms. The summed E-state index contributed by atoms with van der Waals surface area (Å²) in [5.41, 5.74) is 7.99. The van der Waals surface area contributed by atoms with E-state index in [2.05, 4.69) is 109 Å². The van der Waals surface area contributed by atoms with Crippen molar-refractivity contribution in [3.8, 4) is 56.5 Å². The Morgan fingerprint density at radius 3 is 1.48 bits per heavy atom. The SMILES string of the molecule is c1ccc(-c2ccc(-c3nc(-c4ccccc4)nc(-c4cccc(-c5ccc6cc7ccccc7cc6n5)c4)n3)cc2)cc1. The first-order chi connectivity index (χ1) is 21.8. The summed E-state index contributed by atoms with van der Waals surface area (Å²) in [5, 5.41) is 3.52. The van der Waals surface area contributed by atoms with Crippen molar-refractivity contribution in [2.24, 2.45) is 0 Å². The molecule has 0 aliphatic heterocycles. The van der Waals surface area contributed by atoms with Crippen LogP contribution in [0.5, 0.6) is 0 Å². The van der Waals surface area contributed by atoms with Gasteiger partial charge < -0.3 is 0 Å². The molecule has 0 bridgehead atoms. The normalized spacial score (nSPS) is 11.2. The second-order valence-corrected chi connectivity index (χ2v) is 10.8. The summed E-state index contributed by atoms with van der Waals surface area (Å²) >= 11 is 0. The fourth-order valence-corrected chi connectivity index (χ4v) is 5.58. The van der Waals surface area contributed by atoms with Crippen LogP contribution in [0, 0.1) is 0 Å². The van der Waals surface area contributed by atoms with Gasteiger partial charge in [0.2, 0.25) is 0 Å². The van der Waals surface area contributed by atoms with Gasteiger partial charge in [0.1, 0.15) is 0 Å². The third-order valence-electron chi connectivity index (χ3n) is 7.89. The van der Waals surface area contributed by atoms with Gasteiger partial charge in [0, 0.05) is 27.6 Å². The topological polar surface area (TPSA) is 51.6 Å². The molecule has 4 nitrogen and oxygen atoms in total. The summed E-state index contributed by atoms with van der Waals surface area (Å²) in [7, 11) is 0. The van der Waals surface area contributed by atoms with Crippen molar-refractivity contribution < 1.29 is 0 Å². The van der Waals surface area contributed by atoms with Crippen LogP contribution in [0.2, 0.25) is 0 Å². The first-order valence-corrected chi connectivity index (χ1v) is 14.6. The molecule has 8 aromatic rings. The van der Waals surface area contributed by atoms with E-state index in [-0.39, 0.29) is 0 Å². The molecular formula is C40H26N4. The number of pyridine rings is 1. The van der Waals surface area contributed by atoms with Gasteiger partial charge >= 0.3 is 0 Å². The minimum absolute atomic E-state index is 0.620. The number of nitrogens with zero attached hydrogens (tertiary/aromatic N) is 4. The van der Waals surface area contributed by atoms with Crippen LogP contribution in [-0.4, -0.2) is 19.9 Å². The van der Waals surface area contributed by atoms with Crippen LogP contribution in [0.25, 0.3) is 78.2 Å². The average Bonchev–Trinajstić information content (AvgIpc) is 3.11. The van der Waals surface area contributed by atoms with Crippen molar-refractivity contribution >= 4 is 21.7 Å². The van der Waals surface area contributed by atoms with E-state index in [4.69, 9.17) is 19.9 Å². The highest BCUT2D eigenvalue weighted by Crippen LogP contribution is 2.30. The van der Waals surface area contributed by atoms with E-state index in [1.807, 2.05) is 48.5 Å². The smallest absolute Gasteiger partial charge is 0.164 e. The summed E-state index contributed by atoms with van der Waals surface area (Å²) in [4.78, 5) is 19.9. The molecule has 4 heteroatoms. The number of aromatic nitrogens is 4. The van der Waals surface area contributed by atoms with Crippen molar-refractivity contribution in [3.63, 3.8) is 0 Å². The molecule has 2 aromatic heterocycles. The molecule has 0 unspecified atom stereocenters. The maximum absolute atomic E-state index is 5.04.